The van der Waals surface area contributed by atoms with Gasteiger partial charge in [0.2, 0.25) is 17.7 Å². The number of nitrogens with one attached hydrogen (secondary N) is 2. The molecule has 2 N–H and O–H groups in total. The van der Waals surface area contributed by atoms with Crippen LogP contribution in [0.15, 0.2) is 11.6 Å². The van der Waals surface area contributed by atoms with Gasteiger partial charge in [0.15, 0.2) is 0 Å². The molecule has 1 heterocycles. The number of ether oxygens (including phenoxy) is 1. The van der Waals surface area contributed by atoms with Crippen LogP contribution >= 0.6 is 0 Å². The fourth-order valence-electron chi connectivity index (χ4n) is 2.32. The van der Waals surface area contributed by atoms with Gasteiger partial charge in [-0.2, -0.15) is 0 Å². The van der Waals surface area contributed by atoms with Crippen LogP contribution in [0.4, 0.5) is 0 Å². The van der Waals surface area contributed by atoms with Gasteiger partial charge < -0.3 is 20.3 Å². The number of likely N-dealkylation sites (N-methyl/N-ethyl adjacent to an activating group) is 1. The third kappa shape index (κ3) is 8.32. The van der Waals surface area contributed by atoms with Crippen molar-refractivity contribution in [1.82, 2.24) is 15.5 Å². The Bertz CT molecular complexity index is 544. The summed E-state index contributed by atoms with van der Waals surface area (Å²) < 4.78 is 5.07. The fourth-order valence-corrected chi connectivity index (χ4v) is 2.32. The second-order valence-electron chi connectivity index (χ2n) is 6.14. The molecule has 0 radical (unpaired) electrons. The fraction of sp³-hybridized carbons (Fsp3) is 0.647. The van der Waals surface area contributed by atoms with Gasteiger partial charge in [-0.3, -0.25) is 19.2 Å². The van der Waals surface area contributed by atoms with E-state index in [1.54, 1.807) is 6.92 Å². The maximum atomic E-state index is 12.2. The average Bonchev–Trinajstić information content (AvgIpc) is 2.55. The molecule has 0 aromatic carbocycles. The summed E-state index contributed by atoms with van der Waals surface area (Å²) in [7, 11) is 1.49. The van der Waals surface area contributed by atoms with E-state index in [0.717, 1.165) is 5.57 Å². The molecule has 0 saturated heterocycles. The van der Waals surface area contributed by atoms with Crippen LogP contribution in [0.5, 0.6) is 0 Å². The predicted molar refractivity (Wildman–Crippen MR) is 91.4 cm³/mol. The molecule has 3 amide bonds. The van der Waals surface area contributed by atoms with Crippen LogP contribution in [0.25, 0.3) is 0 Å². The molecule has 140 valence electrons. The highest BCUT2D eigenvalue weighted by Crippen LogP contribution is 2.06. The Kier molecular flexibility index (Phi) is 8.66. The summed E-state index contributed by atoms with van der Waals surface area (Å²) in [5, 5.41) is 5.21. The van der Waals surface area contributed by atoms with E-state index in [1.807, 2.05) is 13.0 Å². The quantitative estimate of drug-likeness (QED) is 0.476. The molecule has 1 aliphatic rings. The highest BCUT2D eigenvalue weighted by molar-refractivity contribution is 5.90. The van der Waals surface area contributed by atoms with Gasteiger partial charge in [0.05, 0.1) is 19.6 Å². The third-order valence-electron chi connectivity index (χ3n) is 3.78. The summed E-state index contributed by atoms with van der Waals surface area (Å²) >= 11 is 0. The number of nitrogens with zero attached hydrogens (tertiary/aromatic N) is 1. The van der Waals surface area contributed by atoms with Gasteiger partial charge in [0.1, 0.15) is 6.04 Å². The minimum absolute atomic E-state index is 0.0819. The summed E-state index contributed by atoms with van der Waals surface area (Å²) in [6.45, 7) is 3.78. The van der Waals surface area contributed by atoms with E-state index in [0.29, 0.717) is 12.8 Å². The smallest absolute Gasteiger partial charge is 0.307 e. The molecule has 0 bridgehead atoms. The lowest BCUT2D eigenvalue weighted by Crippen LogP contribution is -2.48. The Labute approximate surface area is 148 Å². The molecule has 0 saturated carbocycles. The van der Waals surface area contributed by atoms with Gasteiger partial charge in [0.25, 0.3) is 0 Å². The zero-order valence-corrected chi connectivity index (χ0v) is 15.1. The third-order valence-corrected chi connectivity index (χ3v) is 3.78. The van der Waals surface area contributed by atoms with Crippen molar-refractivity contribution in [3.8, 4) is 0 Å². The Hall–Kier alpha value is -2.38. The predicted octanol–water partition coefficient (Wildman–Crippen LogP) is 0.129. The van der Waals surface area contributed by atoms with Crippen molar-refractivity contribution >= 4 is 23.7 Å². The molecule has 0 spiro atoms. The van der Waals surface area contributed by atoms with Crippen molar-refractivity contribution in [3.05, 3.63) is 11.6 Å². The van der Waals surface area contributed by atoms with Crippen molar-refractivity contribution in [2.75, 3.05) is 26.7 Å². The molecule has 0 aromatic heterocycles. The molecule has 1 aliphatic heterocycles. The molecule has 25 heavy (non-hydrogen) atoms. The van der Waals surface area contributed by atoms with Crippen molar-refractivity contribution in [2.24, 2.45) is 0 Å². The molecular weight excluding hydrogens is 326 g/mol. The molecular formula is C17H27N3O5. The van der Waals surface area contributed by atoms with Crippen LogP contribution in [0.3, 0.4) is 0 Å². The molecule has 0 fully saturated rings. The van der Waals surface area contributed by atoms with Crippen LogP contribution in [0.2, 0.25) is 0 Å². The number of carbonyl (C=O) groups excluding carboxylic acids is 4. The summed E-state index contributed by atoms with van der Waals surface area (Å²) in [4.78, 5) is 48.7. The normalized spacial score (nSPS) is 25.0. The van der Waals surface area contributed by atoms with Crippen molar-refractivity contribution in [1.29, 1.82) is 0 Å². The van der Waals surface area contributed by atoms with Gasteiger partial charge in [0, 0.05) is 20.0 Å². The topological polar surface area (TPSA) is 105 Å². The van der Waals surface area contributed by atoms with Gasteiger partial charge in [-0.1, -0.05) is 11.6 Å². The first-order valence-electron chi connectivity index (χ1n) is 8.42. The maximum absolute atomic E-state index is 12.2. The highest BCUT2D eigenvalue weighted by Gasteiger charge is 2.21. The lowest BCUT2D eigenvalue weighted by Gasteiger charge is -2.21. The van der Waals surface area contributed by atoms with E-state index in [1.165, 1.54) is 11.9 Å². The van der Waals surface area contributed by atoms with E-state index in [-0.39, 0.29) is 56.2 Å². The second-order valence-corrected chi connectivity index (χ2v) is 6.14. The largest absolute Gasteiger partial charge is 0.465 e. The number of carbonyl (C=O) groups is 4. The first-order valence-corrected chi connectivity index (χ1v) is 8.42. The lowest BCUT2D eigenvalue weighted by molar-refractivity contribution is -0.143. The Morgan fingerprint density at radius 1 is 1.12 bits per heavy atom. The van der Waals surface area contributed by atoms with Gasteiger partial charge in [-0.25, -0.2) is 0 Å². The van der Waals surface area contributed by atoms with Crippen molar-refractivity contribution in [2.45, 2.75) is 45.6 Å². The van der Waals surface area contributed by atoms with E-state index in [4.69, 9.17) is 4.74 Å². The van der Waals surface area contributed by atoms with Crippen LogP contribution < -0.4 is 10.6 Å². The van der Waals surface area contributed by atoms with Crippen molar-refractivity contribution < 1.29 is 23.9 Å². The molecule has 1 rings (SSSR count). The van der Waals surface area contributed by atoms with Crippen molar-refractivity contribution in [3.63, 3.8) is 0 Å². The van der Waals surface area contributed by atoms with E-state index in [2.05, 4.69) is 10.6 Å². The monoisotopic (exact) mass is 353 g/mol. The summed E-state index contributed by atoms with van der Waals surface area (Å²) in [6.07, 6.45) is 3.42. The molecule has 1 atom stereocenters. The zero-order valence-electron chi connectivity index (χ0n) is 15.1. The second kappa shape index (κ2) is 10.5. The maximum Gasteiger partial charge on any atom is 0.307 e. The number of esters is 1. The highest BCUT2D eigenvalue weighted by atomic mass is 16.5. The number of amides is 3. The molecule has 0 aliphatic carbocycles. The minimum Gasteiger partial charge on any atom is -0.465 e. The first-order chi connectivity index (χ1) is 11.8. The van der Waals surface area contributed by atoms with Gasteiger partial charge >= 0.3 is 5.97 Å². The Morgan fingerprint density at radius 2 is 1.84 bits per heavy atom. The number of cyclic esters (lactones) is 1. The van der Waals surface area contributed by atoms with Gasteiger partial charge in [-0.15, -0.1) is 0 Å². The minimum atomic E-state index is -0.705. The number of allylic oxidation sites excluding steroid dienone is 1. The van der Waals surface area contributed by atoms with E-state index < -0.39 is 6.04 Å². The SMILES string of the molecule is C/C1=C/CCOC(=O)CCNC(=O)CN(C)C(=O)C(C)NC(=O)CC1. The first kappa shape index (κ1) is 20.7. The number of rotatable bonds is 0. The molecule has 8 heteroatoms. The number of hydrogen-bond donors (Lipinski definition) is 2. The Balaban J connectivity index is 2.71. The molecule has 8 nitrogen and oxygen atoms in total. The van der Waals surface area contributed by atoms with Crippen LogP contribution in [0.1, 0.15) is 39.5 Å². The van der Waals surface area contributed by atoms with E-state index >= 15 is 0 Å². The van der Waals surface area contributed by atoms with Gasteiger partial charge in [-0.05, 0) is 26.7 Å². The van der Waals surface area contributed by atoms with Crippen LogP contribution in [-0.4, -0.2) is 61.4 Å². The lowest BCUT2D eigenvalue weighted by atomic mass is 10.1. The van der Waals surface area contributed by atoms with Crippen LogP contribution in [-0.2, 0) is 23.9 Å². The van der Waals surface area contributed by atoms with E-state index in [9.17, 15) is 19.2 Å². The summed E-state index contributed by atoms with van der Waals surface area (Å²) in [6, 6.07) is -0.705. The Morgan fingerprint density at radius 3 is 2.56 bits per heavy atom. The number of hydrogen-bond acceptors (Lipinski definition) is 5. The summed E-state index contributed by atoms with van der Waals surface area (Å²) in [5.41, 5.74) is 1.02. The zero-order chi connectivity index (χ0) is 18.8. The van der Waals surface area contributed by atoms with Crippen LogP contribution in [0, 0.1) is 0 Å². The standard InChI is InChI=1S/C17H27N3O5/c1-12-5-4-10-25-16(23)8-9-18-15(22)11-20(3)17(24)13(2)19-14(21)7-6-12/h5,13H,4,6-11H2,1-3H3,(H,18,22)(H,19,21)/b12-5-. The molecule has 0 aromatic rings. The summed E-state index contributed by atoms with van der Waals surface area (Å²) in [5.74, 6) is -1.33. The average molecular weight is 353 g/mol. The molecule has 1 unspecified atom stereocenters.